The molecule has 0 spiro atoms. The first kappa shape index (κ1) is 15.6. The second kappa shape index (κ2) is 4.62. The summed E-state index contributed by atoms with van der Waals surface area (Å²) in [4.78, 5) is 0. The third kappa shape index (κ3) is 2.48. The normalized spacial score (nSPS) is 24.5. The highest BCUT2D eigenvalue weighted by Gasteiger charge is 2.51. The Hall–Kier alpha value is -1.26. The molecule has 3 nitrogen and oxygen atoms in total. The average Bonchev–Trinajstić information content (AvgIpc) is 2.56. The van der Waals surface area contributed by atoms with Crippen molar-refractivity contribution in [3.63, 3.8) is 0 Å². The fourth-order valence-corrected chi connectivity index (χ4v) is 3.13. The van der Waals surface area contributed by atoms with Crippen LogP contribution in [0.3, 0.4) is 0 Å². The summed E-state index contributed by atoms with van der Waals surface area (Å²) in [6.07, 6.45) is 2.27. The standard InChI is InChI=1S/C18H26BNO2/c1-12-11-16(2,3)20-15-9-8-13(10-14(12)15)19-21-17(4,5)18(6,7)22-19/h8-11,20H,1-7H3. The maximum Gasteiger partial charge on any atom is 0.494 e. The van der Waals surface area contributed by atoms with Crippen LogP contribution in [0, 0.1) is 0 Å². The van der Waals surface area contributed by atoms with Crippen LogP contribution < -0.4 is 10.8 Å². The number of benzene rings is 1. The first-order chi connectivity index (χ1) is 10.0. The number of fused-ring (bicyclic) bond motifs is 1. The topological polar surface area (TPSA) is 30.5 Å². The third-order valence-electron chi connectivity index (χ3n) is 5.03. The molecule has 0 atom stereocenters. The van der Waals surface area contributed by atoms with E-state index in [-0.39, 0.29) is 23.9 Å². The summed E-state index contributed by atoms with van der Waals surface area (Å²) < 4.78 is 12.3. The molecule has 118 valence electrons. The van der Waals surface area contributed by atoms with Crippen LogP contribution in [0.1, 0.15) is 54.0 Å². The maximum absolute atomic E-state index is 6.16. The molecule has 2 heterocycles. The highest BCUT2D eigenvalue weighted by molar-refractivity contribution is 6.62. The van der Waals surface area contributed by atoms with Gasteiger partial charge in [-0.2, -0.15) is 0 Å². The Morgan fingerprint density at radius 1 is 0.955 bits per heavy atom. The molecule has 2 aliphatic heterocycles. The first-order valence-corrected chi connectivity index (χ1v) is 7.98. The second-order valence-corrected chi connectivity index (χ2v) is 8.07. The fraction of sp³-hybridized carbons (Fsp3) is 0.556. The van der Waals surface area contributed by atoms with E-state index in [2.05, 4.69) is 78.1 Å². The van der Waals surface area contributed by atoms with E-state index in [0.717, 1.165) is 5.46 Å². The quantitative estimate of drug-likeness (QED) is 0.804. The first-order valence-electron chi connectivity index (χ1n) is 7.98. The lowest BCUT2D eigenvalue weighted by atomic mass is 9.76. The molecule has 22 heavy (non-hydrogen) atoms. The van der Waals surface area contributed by atoms with Gasteiger partial charge >= 0.3 is 7.12 Å². The van der Waals surface area contributed by atoms with Crippen molar-refractivity contribution in [2.24, 2.45) is 0 Å². The molecule has 3 rings (SSSR count). The molecule has 2 aliphatic rings. The Kier molecular flexibility index (Phi) is 3.28. The molecule has 0 saturated carbocycles. The highest BCUT2D eigenvalue weighted by atomic mass is 16.7. The Morgan fingerprint density at radius 2 is 1.55 bits per heavy atom. The molecule has 1 aromatic rings. The van der Waals surface area contributed by atoms with Crippen LogP contribution in [0.15, 0.2) is 24.3 Å². The number of nitrogens with one attached hydrogen (secondary N) is 1. The lowest BCUT2D eigenvalue weighted by Crippen LogP contribution is -2.41. The lowest BCUT2D eigenvalue weighted by molar-refractivity contribution is 0.00578. The van der Waals surface area contributed by atoms with Gasteiger partial charge in [0, 0.05) is 5.69 Å². The van der Waals surface area contributed by atoms with Gasteiger partial charge in [-0.25, -0.2) is 0 Å². The van der Waals surface area contributed by atoms with Crippen LogP contribution in [0.4, 0.5) is 5.69 Å². The van der Waals surface area contributed by atoms with Gasteiger partial charge in [0.2, 0.25) is 0 Å². The number of rotatable bonds is 1. The third-order valence-corrected chi connectivity index (χ3v) is 5.03. The summed E-state index contributed by atoms with van der Waals surface area (Å²) in [5.74, 6) is 0. The van der Waals surface area contributed by atoms with Crippen molar-refractivity contribution in [3.8, 4) is 0 Å². The molecule has 1 aromatic carbocycles. The molecule has 0 radical (unpaired) electrons. The molecule has 0 amide bonds. The number of anilines is 1. The largest absolute Gasteiger partial charge is 0.494 e. The minimum absolute atomic E-state index is 0.0110. The van der Waals surface area contributed by atoms with Crippen molar-refractivity contribution in [3.05, 3.63) is 29.8 Å². The number of allylic oxidation sites excluding steroid dienone is 1. The van der Waals surface area contributed by atoms with Gasteiger partial charge in [-0.15, -0.1) is 0 Å². The molecular weight excluding hydrogens is 273 g/mol. The highest BCUT2D eigenvalue weighted by Crippen LogP contribution is 2.37. The molecule has 0 aromatic heterocycles. The molecule has 4 heteroatoms. The van der Waals surface area contributed by atoms with E-state index in [1.807, 2.05) is 0 Å². The minimum atomic E-state index is -0.307. The van der Waals surface area contributed by atoms with E-state index in [0.29, 0.717) is 0 Å². The Balaban J connectivity index is 1.95. The van der Waals surface area contributed by atoms with E-state index in [1.165, 1.54) is 16.8 Å². The average molecular weight is 299 g/mol. The predicted molar refractivity (Wildman–Crippen MR) is 93.5 cm³/mol. The lowest BCUT2D eigenvalue weighted by Gasteiger charge is -2.32. The SMILES string of the molecule is CC1=CC(C)(C)Nc2ccc(B3OC(C)(C)C(C)(C)O3)cc21. The van der Waals surface area contributed by atoms with Crippen LogP contribution >= 0.6 is 0 Å². The van der Waals surface area contributed by atoms with Crippen molar-refractivity contribution in [2.75, 3.05) is 5.32 Å². The number of hydrogen-bond acceptors (Lipinski definition) is 3. The van der Waals surface area contributed by atoms with Crippen LogP contribution in [0.5, 0.6) is 0 Å². The van der Waals surface area contributed by atoms with E-state index in [9.17, 15) is 0 Å². The smallest absolute Gasteiger partial charge is 0.399 e. The summed E-state index contributed by atoms with van der Waals surface area (Å²) in [5, 5.41) is 3.56. The van der Waals surface area contributed by atoms with Crippen molar-refractivity contribution in [2.45, 2.75) is 65.2 Å². The molecule has 0 unspecified atom stereocenters. The number of hydrogen-bond donors (Lipinski definition) is 1. The Bertz CT molecular complexity index is 630. The van der Waals surface area contributed by atoms with Gasteiger partial charge in [-0.3, -0.25) is 0 Å². The summed E-state index contributed by atoms with van der Waals surface area (Å²) in [6.45, 7) is 14.9. The van der Waals surface area contributed by atoms with E-state index >= 15 is 0 Å². The minimum Gasteiger partial charge on any atom is -0.399 e. The predicted octanol–water partition coefficient (Wildman–Crippen LogP) is 3.59. The molecule has 1 N–H and O–H groups in total. The van der Waals surface area contributed by atoms with Crippen LogP contribution in [0.25, 0.3) is 5.57 Å². The van der Waals surface area contributed by atoms with Gasteiger partial charge in [0.15, 0.2) is 0 Å². The van der Waals surface area contributed by atoms with Gasteiger partial charge in [-0.05, 0) is 71.1 Å². The summed E-state index contributed by atoms with van der Waals surface area (Å²) >= 11 is 0. The van der Waals surface area contributed by atoms with Gasteiger partial charge in [-0.1, -0.05) is 18.2 Å². The maximum atomic E-state index is 6.16. The van der Waals surface area contributed by atoms with Gasteiger partial charge < -0.3 is 14.6 Å². The molecular formula is C18H26BNO2. The molecule has 0 aliphatic carbocycles. The zero-order valence-corrected chi connectivity index (χ0v) is 14.7. The van der Waals surface area contributed by atoms with Crippen molar-refractivity contribution < 1.29 is 9.31 Å². The monoisotopic (exact) mass is 299 g/mol. The zero-order chi connectivity index (χ0) is 16.3. The zero-order valence-electron chi connectivity index (χ0n) is 14.7. The summed E-state index contributed by atoms with van der Waals surface area (Å²) in [5.41, 5.74) is 4.14. The van der Waals surface area contributed by atoms with Gasteiger partial charge in [0.25, 0.3) is 0 Å². The molecule has 0 bridgehead atoms. The fourth-order valence-electron chi connectivity index (χ4n) is 3.13. The molecule has 1 saturated heterocycles. The Labute approximate surface area is 134 Å². The Morgan fingerprint density at radius 3 is 2.14 bits per heavy atom. The summed E-state index contributed by atoms with van der Waals surface area (Å²) in [6, 6.07) is 6.42. The molecule has 1 fully saturated rings. The van der Waals surface area contributed by atoms with Crippen molar-refractivity contribution in [1.82, 2.24) is 0 Å². The second-order valence-electron chi connectivity index (χ2n) is 8.07. The van der Waals surface area contributed by atoms with Crippen LogP contribution in [-0.2, 0) is 9.31 Å². The van der Waals surface area contributed by atoms with Crippen molar-refractivity contribution >= 4 is 23.8 Å². The van der Waals surface area contributed by atoms with Crippen LogP contribution in [0.2, 0.25) is 0 Å². The van der Waals surface area contributed by atoms with Gasteiger partial charge in [0.05, 0.1) is 16.7 Å². The van der Waals surface area contributed by atoms with E-state index in [1.54, 1.807) is 0 Å². The van der Waals surface area contributed by atoms with Crippen LogP contribution in [-0.4, -0.2) is 23.9 Å². The van der Waals surface area contributed by atoms with Crippen molar-refractivity contribution in [1.29, 1.82) is 0 Å². The van der Waals surface area contributed by atoms with Gasteiger partial charge in [0.1, 0.15) is 0 Å². The van der Waals surface area contributed by atoms with E-state index < -0.39 is 0 Å². The summed E-state index contributed by atoms with van der Waals surface area (Å²) in [7, 11) is -0.307. The van der Waals surface area contributed by atoms with E-state index in [4.69, 9.17) is 9.31 Å².